The van der Waals surface area contributed by atoms with Crippen LogP contribution in [0, 0.1) is 17.5 Å². The minimum absolute atomic E-state index is 0.0278. The van der Waals surface area contributed by atoms with Gasteiger partial charge in [-0.25, -0.2) is 35.9 Å². The first-order valence-corrected chi connectivity index (χ1v) is 15.9. The number of benzene rings is 2. The number of piperazine rings is 1. The maximum atomic E-state index is 15.9. The lowest BCUT2D eigenvalue weighted by Gasteiger charge is -2.40. The molecule has 9 nitrogen and oxygen atoms in total. The lowest BCUT2D eigenvalue weighted by atomic mass is 10.1. The van der Waals surface area contributed by atoms with Crippen molar-refractivity contribution in [1.29, 1.82) is 0 Å². The second-order valence-electron chi connectivity index (χ2n) is 11.1. The van der Waals surface area contributed by atoms with Gasteiger partial charge in [0, 0.05) is 31.9 Å². The zero-order valence-corrected chi connectivity index (χ0v) is 24.7. The minimum atomic E-state index is -3.90. The van der Waals surface area contributed by atoms with E-state index in [1.165, 1.54) is 12.1 Å². The third kappa shape index (κ3) is 5.04. The van der Waals surface area contributed by atoms with Crippen molar-refractivity contribution in [2.45, 2.75) is 36.6 Å². The molecule has 0 bridgehead atoms. The van der Waals surface area contributed by atoms with Crippen LogP contribution in [0.4, 0.5) is 19.0 Å². The molecule has 0 N–H and O–H groups in total. The zero-order chi connectivity index (χ0) is 31.5. The van der Waals surface area contributed by atoms with Gasteiger partial charge in [-0.2, -0.15) is 4.98 Å². The Labute approximate surface area is 251 Å². The van der Waals surface area contributed by atoms with Gasteiger partial charge in [0.15, 0.2) is 21.3 Å². The van der Waals surface area contributed by atoms with Crippen LogP contribution in [0.25, 0.3) is 28.0 Å². The average Bonchev–Trinajstić information content (AvgIpc) is 3.82. The number of rotatable bonds is 6. The third-order valence-electron chi connectivity index (χ3n) is 8.06. The molecule has 2 aliphatic rings. The van der Waals surface area contributed by atoms with E-state index in [-0.39, 0.29) is 64.9 Å². The summed E-state index contributed by atoms with van der Waals surface area (Å²) >= 11 is 0. The smallest absolute Gasteiger partial charge is 0.350 e. The fourth-order valence-corrected chi connectivity index (χ4v) is 6.71. The van der Waals surface area contributed by atoms with Gasteiger partial charge in [0.05, 0.1) is 21.5 Å². The van der Waals surface area contributed by atoms with E-state index in [1.807, 2.05) is 0 Å². The highest BCUT2D eigenvalue weighted by molar-refractivity contribution is 7.90. The molecule has 44 heavy (non-hydrogen) atoms. The summed E-state index contributed by atoms with van der Waals surface area (Å²) in [6.07, 6.45) is 3.74. The summed E-state index contributed by atoms with van der Waals surface area (Å²) in [5.41, 5.74) is -1.93. The Hall–Kier alpha value is -4.52. The van der Waals surface area contributed by atoms with Crippen LogP contribution in [0.2, 0.25) is 0 Å². The van der Waals surface area contributed by atoms with E-state index < -0.39 is 44.2 Å². The molecule has 1 saturated carbocycles. The van der Waals surface area contributed by atoms with Gasteiger partial charge in [0.25, 0.3) is 0 Å². The molecule has 0 radical (unpaired) electrons. The van der Waals surface area contributed by atoms with E-state index in [4.69, 9.17) is 0 Å². The number of carbonyl (C=O) groups excluding carboxylic acids is 1. The monoisotopic (exact) mass is 623 g/mol. The number of pyridine rings is 1. The second kappa shape index (κ2) is 10.9. The van der Waals surface area contributed by atoms with E-state index in [9.17, 15) is 26.8 Å². The summed E-state index contributed by atoms with van der Waals surface area (Å²) < 4.78 is 72.7. The zero-order valence-electron chi connectivity index (χ0n) is 23.9. The van der Waals surface area contributed by atoms with Crippen LogP contribution in [0.15, 0.2) is 64.8 Å². The first-order chi connectivity index (χ1) is 20.9. The highest BCUT2D eigenvalue weighted by atomic mass is 32.2. The van der Waals surface area contributed by atoms with Crippen molar-refractivity contribution in [3.63, 3.8) is 0 Å². The van der Waals surface area contributed by atoms with Gasteiger partial charge in [-0.1, -0.05) is 24.8 Å². The van der Waals surface area contributed by atoms with Crippen molar-refractivity contribution in [2.75, 3.05) is 30.8 Å². The Morgan fingerprint density at radius 3 is 2.32 bits per heavy atom. The topological polar surface area (TPSA) is 105 Å². The van der Waals surface area contributed by atoms with Crippen LogP contribution in [0.5, 0.6) is 0 Å². The molecule has 13 heteroatoms. The Balaban J connectivity index is 1.69. The van der Waals surface area contributed by atoms with E-state index in [2.05, 4.69) is 16.5 Å². The second-order valence-corrected chi connectivity index (χ2v) is 13.1. The normalized spacial score (nSPS) is 17.2. The van der Waals surface area contributed by atoms with Crippen molar-refractivity contribution >= 4 is 32.6 Å². The molecule has 0 spiro atoms. The molecule has 1 aliphatic heterocycles. The Bertz CT molecular complexity index is 2010. The van der Waals surface area contributed by atoms with Crippen LogP contribution in [0.1, 0.15) is 31.2 Å². The molecule has 1 atom stereocenters. The van der Waals surface area contributed by atoms with Gasteiger partial charge < -0.3 is 9.80 Å². The summed E-state index contributed by atoms with van der Waals surface area (Å²) in [6.45, 7) is 6.08. The van der Waals surface area contributed by atoms with E-state index in [1.54, 1.807) is 28.9 Å². The molecule has 1 amide bonds. The number of aromatic nitrogens is 3. The fraction of sp³-hybridized carbons (Fsp3) is 0.290. The molecule has 1 aliphatic carbocycles. The Morgan fingerprint density at radius 2 is 1.70 bits per heavy atom. The number of hydrogen-bond donors (Lipinski definition) is 0. The predicted molar refractivity (Wildman–Crippen MR) is 159 cm³/mol. The molecular formula is C31H28F3N5O4S. The number of sulfone groups is 1. The summed E-state index contributed by atoms with van der Waals surface area (Å²) in [6, 6.07) is 8.35. The van der Waals surface area contributed by atoms with E-state index >= 15 is 4.39 Å². The molecular weight excluding hydrogens is 595 g/mol. The molecule has 228 valence electrons. The van der Waals surface area contributed by atoms with Crippen molar-refractivity contribution in [2.24, 2.45) is 0 Å². The van der Waals surface area contributed by atoms with Gasteiger partial charge >= 0.3 is 5.69 Å². The van der Waals surface area contributed by atoms with Gasteiger partial charge in [0.1, 0.15) is 23.1 Å². The summed E-state index contributed by atoms with van der Waals surface area (Å²) in [4.78, 5) is 38.1. The van der Waals surface area contributed by atoms with Crippen molar-refractivity contribution in [3.05, 3.63) is 88.6 Å². The number of para-hydroxylation sites is 1. The average molecular weight is 624 g/mol. The molecule has 6 rings (SSSR count). The lowest BCUT2D eigenvalue weighted by molar-refractivity contribution is -0.126. The van der Waals surface area contributed by atoms with E-state index in [0.717, 1.165) is 47.9 Å². The predicted octanol–water partition coefficient (Wildman–Crippen LogP) is 4.37. The van der Waals surface area contributed by atoms with Crippen LogP contribution >= 0.6 is 0 Å². The quantitative estimate of drug-likeness (QED) is 0.294. The number of anilines is 1. The first-order valence-electron chi connectivity index (χ1n) is 14.0. The fourth-order valence-electron chi connectivity index (χ4n) is 5.83. The number of carbonyl (C=O) groups is 1. The Kier molecular flexibility index (Phi) is 7.31. The largest absolute Gasteiger partial charge is 0.355 e. The SMILES string of the molecule is C=CC(=O)N1CCN(c2nc(=O)n(-c3c(C4CC4)cccc3S(C)(=O)=O)c3nc(-c4c(F)cccc4F)c(F)cc23)[C@@H](C)C1. The van der Waals surface area contributed by atoms with Crippen molar-refractivity contribution < 1.29 is 26.4 Å². The lowest BCUT2D eigenvalue weighted by Crippen LogP contribution is -2.54. The minimum Gasteiger partial charge on any atom is -0.350 e. The van der Waals surface area contributed by atoms with Gasteiger partial charge in [-0.05, 0) is 61.6 Å². The summed E-state index contributed by atoms with van der Waals surface area (Å²) in [7, 11) is -3.90. The number of fused-ring (bicyclic) bond motifs is 1. The molecule has 3 heterocycles. The number of hydrogen-bond acceptors (Lipinski definition) is 7. The Morgan fingerprint density at radius 1 is 1.02 bits per heavy atom. The molecule has 1 saturated heterocycles. The van der Waals surface area contributed by atoms with E-state index in [0.29, 0.717) is 5.56 Å². The number of nitrogens with zero attached hydrogens (tertiary/aromatic N) is 5. The maximum absolute atomic E-state index is 15.9. The van der Waals surface area contributed by atoms with Crippen LogP contribution in [-0.4, -0.2) is 65.7 Å². The van der Waals surface area contributed by atoms with Gasteiger partial charge in [-0.3, -0.25) is 4.79 Å². The summed E-state index contributed by atoms with van der Waals surface area (Å²) in [5.74, 6) is -3.44. The van der Waals surface area contributed by atoms with Gasteiger partial charge in [0.2, 0.25) is 5.91 Å². The number of halogens is 3. The van der Waals surface area contributed by atoms with Crippen LogP contribution < -0.4 is 10.6 Å². The van der Waals surface area contributed by atoms with Crippen LogP contribution in [-0.2, 0) is 14.6 Å². The highest BCUT2D eigenvalue weighted by Gasteiger charge is 2.34. The summed E-state index contributed by atoms with van der Waals surface area (Å²) in [5, 5.41) is 0.0306. The number of amides is 1. The van der Waals surface area contributed by atoms with Crippen LogP contribution in [0.3, 0.4) is 0 Å². The first kappa shape index (κ1) is 29.5. The highest BCUT2D eigenvalue weighted by Crippen LogP contribution is 2.45. The molecule has 2 fully saturated rings. The van der Waals surface area contributed by atoms with Crippen molar-refractivity contribution in [3.8, 4) is 16.9 Å². The molecule has 4 aromatic rings. The van der Waals surface area contributed by atoms with Gasteiger partial charge in [-0.15, -0.1) is 0 Å². The molecule has 0 unspecified atom stereocenters. The molecule has 2 aromatic carbocycles. The van der Waals surface area contributed by atoms with Crippen molar-refractivity contribution in [1.82, 2.24) is 19.4 Å². The third-order valence-corrected chi connectivity index (χ3v) is 9.19. The molecule has 2 aromatic heterocycles. The maximum Gasteiger partial charge on any atom is 0.355 e. The standard InChI is InChI=1S/C31H28F3N5O4S/c1-4-25(40)37-13-14-38(17(2)16-37)29-20-15-23(34)27(26-21(32)8-6-9-22(26)33)35-30(20)39(31(41)36-29)28-19(18-11-12-18)7-5-10-24(28)44(3,42)43/h4-10,15,17-18H,1,11-14,16H2,2-3H3/t17-/m0/s1.